The number of ether oxygens (including phenoxy) is 1. The topological polar surface area (TPSA) is 58.6 Å². The fraction of sp³-hybridized carbons (Fsp3) is 0.500. The predicted molar refractivity (Wildman–Crippen MR) is 77.6 cm³/mol. The summed E-state index contributed by atoms with van der Waals surface area (Å²) in [5.41, 5.74) is 0.277. The van der Waals surface area contributed by atoms with Gasteiger partial charge in [0.05, 0.1) is 13.0 Å². The van der Waals surface area contributed by atoms with Crippen LogP contribution in [0.4, 0.5) is 0 Å². The number of nitrogens with one attached hydrogen (secondary N) is 1. The Hall–Kier alpha value is -1.88. The van der Waals surface area contributed by atoms with Crippen LogP contribution in [-0.4, -0.2) is 49.1 Å². The van der Waals surface area contributed by atoms with Gasteiger partial charge in [-0.05, 0) is 12.0 Å². The van der Waals surface area contributed by atoms with E-state index in [9.17, 15) is 9.59 Å². The molecule has 0 aromatic heterocycles. The second-order valence-corrected chi connectivity index (χ2v) is 6.02. The second-order valence-electron chi connectivity index (χ2n) is 6.02. The normalized spacial score (nSPS) is 31.3. The first-order valence-corrected chi connectivity index (χ1v) is 7.21. The number of rotatable bonds is 3. The van der Waals surface area contributed by atoms with Crippen molar-refractivity contribution >= 4 is 11.9 Å². The molecule has 5 heteroatoms. The van der Waals surface area contributed by atoms with E-state index in [0.29, 0.717) is 19.4 Å². The Bertz CT molecular complexity index is 560. The van der Waals surface area contributed by atoms with Crippen LogP contribution in [0.1, 0.15) is 12.0 Å². The molecule has 3 atom stereocenters. The number of carbonyl (C=O) groups is 2. The van der Waals surface area contributed by atoms with Crippen LogP contribution in [0.25, 0.3) is 0 Å². The number of hydrogen-bond acceptors (Lipinski definition) is 4. The van der Waals surface area contributed by atoms with Crippen molar-refractivity contribution < 1.29 is 14.3 Å². The summed E-state index contributed by atoms with van der Waals surface area (Å²) in [7, 11) is 3.21. The molecule has 3 rings (SSSR count). The zero-order chi connectivity index (χ0) is 15.0. The van der Waals surface area contributed by atoms with Crippen molar-refractivity contribution in [3.8, 4) is 0 Å². The summed E-state index contributed by atoms with van der Waals surface area (Å²) in [6.45, 7) is 0.650. The van der Waals surface area contributed by atoms with Crippen LogP contribution >= 0.6 is 0 Å². The molecular formula is C16H20N2O3. The standard InChI is InChI=1S/C16H20N2O3/c1-18-10-13-12(14(18)19)9-16(17-13,15(20)21-2)8-11-6-4-3-5-7-11/h3-7,12-13,17H,8-10H2,1-2H3/t12-,13-,16-/m0/s1. The first-order valence-electron chi connectivity index (χ1n) is 7.21. The molecule has 0 unspecified atom stereocenters. The third kappa shape index (κ3) is 2.31. The molecule has 0 saturated carbocycles. The van der Waals surface area contributed by atoms with E-state index in [1.54, 1.807) is 11.9 Å². The monoisotopic (exact) mass is 288 g/mol. The van der Waals surface area contributed by atoms with Crippen molar-refractivity contribution in [3.63, 3.8) is 0 Å². The third-order valence-corrected chi connectivity index (χ3v) is 4.60. The van der Waals surface area contributed by atoms with E-state index in [1.807, 2.05) is 30.3 Å². The van der Waals surface area contributed by atoms with Crippen molar-refractivity contribution in [3.05, 3.63) is 35.9 Å². The van der Waals surface area contributed by atoms with Crippen LogP contribution in [-0.2, 0) is 20.7 Å². The molecule has 2 heterocycles. The molecule has 112 valence electrons. The minimum Gasteiger partial charge on any atom is -0.468 e. The highest BCUT2D eigenvalue weighted by Gasteiger charge is 2.56. The number of methoxy groups -OCH3 is 1. The zero-order valence-electron chi connectivity index (χ0n) is 12.3. The van der Waals surface area contributed by atoms with E-state index in [0.717, 1.165) is 5.56 Å². The van der Waals surface area contributed by atoms with E-state index < -0.39 is 5.54 Å². The molecule has 2 aliphatic heterocycles. The van der Waals surface area contributed by atoms with E-state index in [2.05, 4.69) is 5.32 Å². The van der Waals surface area contributed by atoms with E-state index in [1.165, 1.54) is 7.11 Å². The maximum Gasteiger partial charge on any atom is 0.326 e. The van der Waals surface area contributed by atoms with Gasteiger partial charge >= 0.3 is 5.97 Å². The highest BCUT2D eigenvalue weighted by atomic mass is 16.5. The van der Waals surface area contributed by atoms with Crippen molar-refractivity contribution in [2.24, 2.45) is 5.92 Å². The van der Waals surface area contributed by atoms with Gasteiger partial charge in [-0.15, -0.1) is 0 Å². The maximum atomic E-state index is 12.4. The lowest BCUT2D eigenvalue weighted by molar-refractivity contribution is -0.148. The average molecular weight is 288 g/mol. The maximum absolute atomic E-state index is 12.4. The number of carbonyl (C=O) groups excluding carboxylic acids is 2. The Morgan fingerprint density at radius 3 is 2.76 bits per heavy atom. The summed E-state index contributed by atoms with van der Waals surface area (Å²) in [6, 6.07) is 9.88. The van der Waals surface area contributed by atoms with Crippen LogP contribution in [0.3, 0.4) is 0 Å². The summed E-state index contributed by atoms with van der Waals surface area (Å²) in [5.74, 6) is -0.291. The Kier molecular flexibility index (Phi) is 3.45. The lowest BCUT2D eigenvalue weighted by Gasteiger charge is -2.29. The molecule has 1 aromatic rings. The number of amides is 1. The number of likely N-dealkylation sites (N-methyl/N-ethyl adjacent to an activating group) is 1. The molecule has 0 radical (unpaired) electrons. The van der Waals surface area contributed by atoms with Gasteiger partial charge in [0.25, 0.3) is 0 Å². The lowest BCUT2D eigenvalue weighted by Crippen LogP contribution is -2.53. The Morgan fingerprint density at radius 1 is 1.43 bits per heavy atom. The molecule has 1 aromatic carbocycles. The van der Waals surface area contributed by atoms with Crippen molar-refractivity contribution in [2.75, 3.05) is 20.7 Å². The summed E-state index contributed by atoms with van der Waals surface area (Å²) in [6.07, 6.45) is 1.05. The molecule has 0 spiro atoms. The van der Waals surface area contributed by atoms with Crippen molar-refractivity contribution in [1.29, 1.82) is 0 Å². The first-order chi connectivity index (χ1) is 10.1. The van der Waals surface area contributed by atoms with Crippen LogP contribution in [0.5, 0.6) is 0 Å². The van der Waals surface area contributed by atoms with Crippen molar-refractivity contribution in [1.82, 2.24) is 10.2 Å². The summed E-state index contributed by atoms with van der Waals surface area (Å²) >= 11 is 0. The van der Waals surface area contributed by atoms with Gasteiger partial charge < -0.3 is 9.64 Å². The number of likely N-dealkylation sites (tertiary alicyclic amines) is 1. The molecule has 5 nitrogen and oxygen atoms in total. The largest absolute Gasteiger partial charge is 0.468 e. The van der Waals surface area contributed by atoms with Crippen LogP contribution < -0.4 is 5.32 Å². The van der Waals surface area contributed by atoms with Gasteiger partial charge in [-0.1, -0.05) is 30.3 Å². The van der Waals surface area contributed by atoms with Gasteiger partial charge in [-0.25, -0.2) is 0 Å². The Labute approximate surface area is 124 Å². The Morgan fingerprint density at radius 2 is 2.14 bits per heavy atom. The molecule has 1 amide bonds. The predicted octanol–water partition coefficient (Wildman–Crippen LogP) is 0.591. The molecule has 2 aliphatic rings. The Balaban J connectivity index is 1.87. The third-order valence-electron chi connectivity index (χ3n) is 4.60. The average Bonchev–Trinajstić information content (AvgIpc) is 2.97. The highest BCUT2D eigenvalue weighted by molar-refractivity contribution is 5.88. The number of benzene rings is 1. The number of esters is 1. The smallest absolute Gasteiger partial charge is 0.326 e. The quantitative estimate of drug-likeness (QED) is 0.827. The zero-order valence-corrected chi connectivity index (χ0v) is 12.3. The molecule has 0 bridgehead atoms. The van der Waals surface area contributed by atoms with Gasteiger partial charge in [0.1, 0.15) is 5.54 Å². The first kappa shape index (κ1) is 14.1. The van der Waals surface area contributed by atoms with Crippen LogP contribution in [0.15, 0.2) is 30.3 Å². The highest BCUT2D eigenvalue weighted by Crippen LogP contribution is 2.37. The lowest BCUT2D eigenvalue weighted by atomic mass is 9.86. The van der Waals surface area contributed by atoms with Crippen LogP contribution in [0.2, 0.25) is 0 Å². The minimum atomic E-state index is -0.789. The minimum absolute atomic E-state index is 0.0327. The molecule has 0 aliphatic carbocycles. The summed E-state index contributed by atoms with van der Waals surface area (Å²) in [4.78, 5) is 26.3. The van der Waals surface area contributed by atoms with Gasteiger partial charge in [0.2, 0.25) is 5.91 Å². The molecule has 1 N–H and O–H groups in total. The van der Waals surface area contributed by atoms with E-state index in [-0.39, 0.29) is 23.8 Å². The van der Waals surface area contributed by atoms with E-state index in [4.69, 9.17) is 4.74 Å². The molecule has 2 fully saturated rings. The summed E-state index contributed by atoms with van der Waals surface area (Å²) < 4.78 is 5.01. The van der Waals surface area contributed by atoms with Crippen molar-refractivity contribution in [2.45, 2.75) is 24.4 Å². The number of fused-ring (bicyclic) bond motifs is 1. The fourth-order valence-electron chi connectivity index (χ4n) is 3.61. The van der Waals surface area contributed by atoms with E-state index >= 15 is 0 Å². The van der Waals surface area contributed by atoms with Gasteiger partial charge in [0.15, 0.2) is 0 Å². The number of nitrogens with zero attached hydrogens (tertiary/aromatic N) is 1. The van der Waals surface area contributed by atoms with Gasteiger partial charge in [-0.3, -0.25) is 14.9 Å². The second kappa shape index (κ2) is 5.15. The summed E-state index contributed by atoms with van der Waals surface area (Å²) in [5, 5.41) is 3.39. The molecule has 2 saturated heterocycles. The van der Waals surface area contributed by atoms with Crippen LogP contribution in [0, 0.1) is 5.92 Å². The molecule has 21 heavy (non-hydrogen) atoms. The number of hydrogen-bond donors (Lipinski definition) is 1. The van der Waals surface area contributed by atoms with Gasteiger partial charge in [0, 0.05) is 26.1 Å². The SMILES string of the molecule is COC(=O)[C@]1(Cc2ccccc2)C[C@@H]2C(=O)N(C)C[C@@H]2N1. The van der Waals surface area contributed by atoms with Gasteiger partial charge in [-0.2, -0.15) is 0 Å². The molecular weight excluding hydrogens is 268 g/mol. The fourth-order valence-corrected chi connectivity index (χ4v) is 3.61.